The lowest BCUT2D eigenvalue weighted by Gasteiger charge is -2.12. The topological polar surface area (TPSA) is 119 Å². The van der Waals surface area contributed by atoms with E-state index in [-0.39, 0.29) is 0 Å². The first kappa shape index (κ1) is 24.5. The summed E-state index contributed by atoms with van der Waals surface area (Å²) in [5, 5.41) is 9.41. The number of amides is 1. The highest BCUT2D eigenvalue weighted by Crippen LogP contribution is 2.31. The van der Waals surface area contributed by atoms with Gasteiger partial charge >= 0.3 is 6.18 Å². The van der Waals surface area contributed by atoms with E-state index in [2.05, 4.69) is 30.5 Å². The van der Waals surface area contributed by atoms with Crippen LogP contribution in [0.5, 0.6) is 0 Å². The number of aliphatic imine (C=N–C) groups is 1. The zero-order valence-electron chi connectivity index (χ0n) is 19.2. The molecule has 3 N–H and O–H groups in total. The van der Waals surface area contributed by atoms with Gasteiger partial charge in [0.25, 0.3) is 5.91 Å². The van der Waals surface area contributed by atoms with Gasteiger partial charge in [-0.25, -0.2) is 9.98 Å². The van der Waals surface area contributed by atoms with E-state index in [4.69, 9.17) is 5.73 Å². The minimum absolute atomic E-state index is 0.381. The van der Waals surface area contributed by atoms with Crippen LogP contribution >= 0.6 is 0 Å². The summed E-state index contributed by atoms with van der Waals surface area (Å²) in [5.41, 5.74) is 8.55. The van der Waals surface area contributed by atoms with Crippen molar-refractivity contribution < 1.29 is 18.0 Å². The number of pyridine rings is 2. The molecule has 3 aromatic heterocycles. The summed E-state index contributed by atoms with van der Waals surface area (Å²) in [4.78, 5) is 25.3. The molecule has 0 saturated carbocycles. The number of hydrogen-bond donors (Lipinski definition) is 2. The number of alkyl halides is 3. The SMILES string of the molecule is CC(N)=Nc1cc(-c2cc(-c3cc(NC(=O)c4cc(C(F)(F)F)cnn4)ccc3C)ccn2)ccn1. The van der Waals surface area contributed by atoms with E-state index in [9.17, 15) is 18.0 Å². The Bertz CT molecular complexity index is 1460. The van der Waals surface area contributed by atoms with Crippen molar-refractivity contribution in [1.82, 2.24) is 20.2 Å². The number of carbonyl (C=O) groups is 1. The molecule has 0 spiro atoms. The third-order valence-electron chi connectivity index (χ3n) is 5.11. The molecule has 0 bridgehead atoms. The Kier molecular flexibility index (Phi) is 6.73. The lowest BCUT2D eigenvalue weighted by Crippen LogP contribution is -2.16. The van der Waals surface area contributed by atoms with Gasteiger partial charge < -0.3 is 11.1 Å². The Labute approximate surface area is 204 Å². The molecule has 0 aliphatic carbocycles. The number of halogens is 3. The minimum atomic E-state index is -4.63. The molecule has 0 unspecified atom stereocenters. The fourth-order valence-corrected chi connectivity index (χ4v) is 3.41. The number of anilines is 1. The van der Waals surface area contributed by atoms with Crippen molar-refractivity contribution in [2.45, 2.75) is 20.0 Å². The van der Waals surface area contributed by atoms with Crippen LogP contribution in [0.4, 0.5) is 24.7 Å². The third-order valence-corrected chi connectivity index (χ3v) is 5.11. The maximum Gasteiger partial charge on any atom is 0.418 e. The molecular formula is C25H20F3N7O. The molecular weight excluding hydrogens is 471 g/mol. The number of hydrogen-bond acceptors (Lipinski definition) is 6. The fourth-order valence-electron chi connectivity index (χ4n) is 3.41. The van der Waals surface area contributed by atoms with E-state index in [0.29, 0.717) is 35.3 Å². The smallest absolute Gasteiger partial charge is 0.387 e. The lowest BCUT2D eigenvalue weighted by molar-refractivity contribution is -0.137. The summed E-state index contributed by atoms with van der Waals surface area (Å²) in [5.74, 6) is 0.0316. The van der Waals surface area contributed by atoms with Crippen molar-refractivity contribution in [3.63, 3.8) is 0 Å². The van der Waals surface area contributed by atoms with Crippen LogP contribution in [0.25, 0.3) is 22.4 Å². The first-order valence-corrected chi connectivity index (χ1v) is 10.7. The van der Waals surface area contributed by atoms with Gasteiger partial charge in [-0.15, -0.1) is 5.10 Å². The molecule has 0 radical (unpaired) electrons. The summed E-state index contributed by atoms with van der Waals surface area (Å²) < 4.78 is 38.9. The van der Waals surface area contributed by atoms with Crippen molar-refractivity contribution in [2.24, 2.45) is 10.7 Å². The zero-order chi connectivity index (χ0) is 25.9. The Morgan fingerprint density at radius 3 is 2.50 bits per heavy atom. The van der Waals surface area contributed by atoms with Gasteiger partial charge in [0.1, 0.15) is 0 Å². The molecule has 0 aliphatic heterocycles. The largest absolute Gasteiger partial charge is 0.418 e. The minimum Gasteiger partial charge on any atom is -0.387 e. The van der Waals surface area contributed by atoms with Crippen LogP contribution in [0.15, 0.2) is 72.1 Å². The summed E-state index contributed by atoms with van der Waals surface area (Å²) >= 11 is 0. The van der Waals surface area contributed by atoms with Crippen LogP contribution in [0, 0.1) is 6.92 Å². The van der Waals surface area contributed by atoms with E-state index in [1.807, 2.05) is 19.1 Å². The number of aromatic nitrogens is 4. The highest BCUT2D eigenvalue weighted by molar-refractivity contribution is 6.03. The van der Waals surface area contributed by atoms with E-state index < -0.39 is 23.3 Å². The lowest BCUT2D eigenvalue weighted by atomic mass is 9.99. The van der Waals surface area contributed by atoms with Crippen LogP contribution in [0.2, 0.25) is 0 Å². The zero-order valence-corrected chi connectivity index (χ0v) is 19.2. The maximum atomic E-state index is 13.0. The number of carbonyl (C=O) groups excluding carboxylic acids is 1. The molecule has 0 atom stereocenters. The predicted molar refractivity (Wildman–Crippen MR) is 130 cm³/mol. The van der Waals surface area contributed by atoms with Crippen LogP contribution in [0.3, 0.4) is 0 Å². The average molecular weight is 491 g/mol. The van der Waals surface area contributed by atoms with Crippen molar-refractivity contribution >= 4 is 23.2 Å². The first-order valence-electron chi connectivity index (χ1n) is 10.7. The molecule has 36 heavy (non-hydrogen) atoms. The van der Waals surface area contributed by atoms with Crippen molar-refractivity contribution in [2.75, 3.05) is 5.32 Å². The molecule has 4 aromatic rings. The quantitative estimate of drug-likeness (QED) is 0.293. The first-order chi connectivity index (χ1) is 17.1. The van der Waals surface area contributed by atoms with Gasteiger partial charge in [0.2, 0.25) is 0 Å². The van der Waals surface area contributed by atoms with E-state index in [1.54, 1.807) is 49.6 Å². The molecule has 11 heteroatoms. The van der Waals surface area contributed by atoms with E-state index >= 15 is 0 Å². The normalized spacial score (nSPS) is 11.9. The molecule has 0 aliphatic rings. The molecule has 182 valence electrons. The van der Waals surface area contributed by atoms with Gasteiger partial charge in [-0.05, 0) is 73.0 Å². The molecule has 8 nitrogen and oxygen atoms in total. The van der Waals surface area contributed by atoms with Crippen LogP contribution in [-0.4, -0.2) is 31.9 Å². The van der Waals surface area contributed by atoms with Gasteiger partial charge in [-0.3, -0.25) is 9.78 Å². The molecule has 1 aromatic carbocycles. The summed E-state index contributed by atoms with van der Waals surface area (Å²) in [6, 6.07) is 13.1. The van der Waals surface area contributed by atoms with Crippen LogP contribution < -0.4 is 11.1 Å². The van der Waals surface area contributed by atoms with Gasteiger partial charge in [0.05, 0.1) is 23.3 Å². The number of nitrogens with two attached hydrogens (primary N) is 1. The molecule has 1 amide bonds. The average Bonchev–Trinajstić information content (AvgIpc) is 2.84. The Morgan fingerprint density at radius 2 is 1.75 bits per heavy atom. The second-order valence-electron chi connectivity index (χ2n) is 7.90. The summed E-state index contributed by atoms with van der Waals surface area (Å²) in [6.45, 7) is 3.57. The van der Waals surface area contributed by atoms with Gasteiger partial charge in [-0.2, -0.15) is 18.3 Å². The second kappa shape index (κ2) is 9.90. The maximum absolute atomic E-state index is 13.0. The summed E-state index contributed by atoms with van der Waals surface area (Å²) in [6.07, 6.45) is -0.794. The number of aryl methyl sites for hydroxylation is 1. The van der Waals surface area contributed by atoms with Gasteiger partial charge in [0, 0.05) is 23.6 Å². The summed E-state index contributed by atoms with van der Waals surface area (Å²) in [7, 11) is 0. The molecule has 4 rings (SSSR count). The second-order valence-corrected chi connectivity index (χ2v) is 7.90. The van der Waals surface area contributed by atoms with Gasteiger partial charge in [0.15, 0.2) is 11.5 Å². The number of rotatable bonds is 5. The Hall–Kier alpha value is -4.67. The Balaban J connectivity index is 1.63. The predicted octanol–water partition coefficient (Wildman–Crippen LogP) is 5.19. The van der Waals surface area contributed by atoms with Gasteiger partial charge in [-0.1, -0.05) is 6.07 Å². The number of nitrogens with one attached hydrogen (secondary N) is 1. The number of nitrogens with zero attached hydrogens (tertiary/aromatic N) is 5. The van der Waals surface area contributed by atoms with Crippen LogP contribution in [-0.2, 0) is 6.18 Å². The van der Waals surface area contributed by atoms with Crippen molar-refractivity contribution in [3.05, 3.63) is 83.9 Å². The van der Waals surface area contributed by atoms with E-state index in [0.717, 1.165) is 22.3 Å². The fraction of sp³-hybridized carbons (Fsp3) is 0.120. The highest BCUT2D eigenvalue weighted by Gasteiger charge is 2.32. The van der Waals surface area contributed by atoms with Crippen molar-refractivity contribution in [1.29, 1.82) is 0 Å². The Morgan fingerprint density at radius 1 is 1.00 bits per heavy atom. The van der Waals surface area contributed by atoms with Crippen molar-refractivity contribution in [3.8, 4) is 22.4 Å². The molecule has 0 saturated heterocycles. The number of amidine groups is 1. The van der Waals surface area contributed by atoms with Crippen LogP contribution in [0.1, 0.15) is 28.5 Å². The van der Waals surface area contributed by atoms with E-state index in [1.165, 1.54) is 0 Å². The number of benzene rings is 1. The monoisotopic (exact) mass is 491 g/mol. The highest BCUT2D eigenvalue weighted by atomic mass is 19.4. The molecule has 3 heterocycles. The third kappa shape index (κ3) is 5.69. The molecule has 0 fully saturated rings. The standard InChI is InChI=1S/C25H20F3N7O/c1-14-3-4-19(34-24(36)22-11-18(13-32-35-22)25(26,27)28)12-20(14)16-5-7-30-21(9-16)17-6-8-31-23(10-17)33-15(2)29/h3-13H,1-2H3,(H,34,36)(H2,29,31,33).